The van der Waals surface area contributed by atoms with Gasteiger partial charge in [-0.3, -0.25) is 0 Å². The van der Waals surface area contributed by atoms with Gasteiger partial charge in [0.25, 0.3) is 0 Å². The highest BCUT2D eigenvalue weighted by atomic mass is 19.1. The number of hydrogen-bond acceptors (Lipinski definition) is 2. The minimum atomic E-state index is -0.594. The van der Waals surface area contributed by atoms with Crippen LogP contribution >= 0.6 is 0 Å². The molecule has 0 radical (unpaired) electrons. The van der Waals surface area contributed by atoms with Crippen LogP contribution in [0.5, 0.6) is 5.75 Å². The molecule has 2 rings (SSSR count). The molecule has 88 valence electrons. The van der Waals surface area contributed by atoms with E-state index in [0.29, 0.717) is 11.3 Å². The van der Waals surface area contributed by atoms with Gasteiger partial charge in [0.15, 0.2) is 0 Å². The lowest BCUT2D eigenvalue weighted by Gasteiger charge is -2.07. The van der Waals surface area contributed by atoms with Crippen molar-refractivity contribution in [3.05, 3.63) is 59.7 Å². The van der Waals surface area contributed by atoms with Crippen molar-refractivity contribution in [3.8, 4) is 5.75 Å². The van der Waals surface area contributed by atoms with Crippen LogP contribution in [-0.2, 0) is 6.54 Å². The second-order valence-corrected chi connectivity index (χ2v) is 3.64. The Morgan fingerprint density at radius 2 is 1.88 bits per heavy atom. The summed E-state index contributed by atoms with van der Waals surface area (Å²) in [6.07, 6.45) is 0. The summed E-state index contributed by atoms with van der Waals surface area (Å²) in [6, 6.07) is 9.95. The molecule has 0 aliphatic rings. The van der Waals surface area contributed by atoms with E-state index in [1.165, 1.54) is 18.2 Å². The molecule has 0 aromatic heterocycles. The van der Waals surface area contributed by atoms with E-state index >= 15 is 0 Å². The minimum Gasteiger partial charge on any atom is -0.508 e. The number of nitrogens with one attached hydrogen (secondary N) is 1. The van der Waals surface area contributed by atoms with Crippen LogP contribution in [0.2, 0.25) is 0 Å². The van der Waals surface area contributed by atoms with Crippen molar-refractivity contribution >= 4 is 5.69 Å². The fraction of sp³-hybridized carbons (Fsp3) is 0.0769. The molecule has 0 saturated heterocycles. The number of anilines is 1. The van der Waals surface area contributed by atoms with E-state index in [4.69, 9.17) is 0 Å². The molecule has 2 aromatic carbocycles. The Morgan fingerprint density at radius 3 is 2.59 bits per heavy atom. The van der Waals surface area contributed by atoms with E-state index < -0.39 is 11.6 Å². The Bertz CT molecular complexity index is 529. The van der Waals surface area contributed by atoms with Gasteiger partial charge in [-0.05, 0) is 18.2 Å². The first kappa shape index (κ1) is 11.4. The molecule has 4 heteroatoms. The van der Waals surface area contributed by atoms with E-state index in [1.54, 1.807) is 18.2 Å². The van der Waals surface area contributed by atoms with Gasteiger partial charge in [0.05, 0.1) is 0 Å². The number of rotatable bonds is 3. The van der Waals surface area contributed by atoms with Crippen LogP contribution in [0.4, 0.5) is 14.5 Å². The van der Waals surface area contributed by atoms with Crippen molar-refractivity contribution < 1.29 is 13.9 Å². The maximum absolute atomic E-state index is 13.3. The third-order valence-electron chi connectivity index (χ3n) is 2.34. The highest BCUT2D eigenvalue weighted by Gasteiger charge is 2.03. The number of halogens is 2. The molecule has 0 heterocycles. The average Bonchev–Trinajstić information content (AvgIpc) is 2.28. The van der Waals surface area contributed by atoms with Crippen molar-refractivity contribution in [2.75, 3.05) is 5.32 Å². The van der Waals surface area contributed by atoms with Crippen LogP contribution in [0.3, 0.4) is 0 Å². The standard InChI is InChI=1S/C13H11F2NO/c14-10-5-4-9(13(15)6-10)8-16-11-2-1-3-12(17)7-11/h1-7,16-17H,8H2. The lowest BCUT2D eigenvalue weighted by Crippen LogP contribution is -2.01. The van der Waals surface area contributed by atoms with Crippen molar-refractivity contribution in [3.63, 3.8) is 0 Å². The van der Waals surface area contributed by atoms with Crippen molar-refractivity contribution in [1.29, 1.82) is 0 Å². The Balaban J connectivity index is 2.07. The van der Waals surface area contributed by atoms with Crippen LogP contribution in [-0.4, -0.2) is 5.11 Å². The van der Waals surface area contributed by atoms with Gasteiger partial charge < -0.3 is 10.4 Å². The summed E-state index contributed by atoms with van der Waals surface area (Å²) in [5, 5.41) is 12.2. The molecule has 0 amide bonds. The number of aromatic hydroxyl groups is 1. The molecule has 2 N–H and O–H groups in total. The van der Waals surface area contributed by atoms with Gasteiger partial charge >= 0.3 is 0 Å². The minimum absolute atomic E-state index is 0.134. The average molecular weight is 235 g/mol. The summed E-state index contributed by atoms with van der Waals surface area (Å²) in [4.78, 5) is 0. The summed E-state index contributed by atoms with van der Waals surface area (Å²) in [5.74, 6) is -1.05. The Labute approximate surface area is 97.5 Å². The molecule has 17 heavy (non-hydrogen) atoms. The lowest BCUT2D eigenvalue weighted by molar-refractivity contribution is 0.475. The van der Waals surface area contributed by atoms with Gasteiger partial charge in [-0.1, -0.05) is 12.1 Å². The Morgan fingerprint density at radius 1 is 1.06 bits per heavy atom. The molecule has 0 fully saturated rings. The molecular formula is C13H11F2NO. The topological polar surface area (TPSA) is 32.3 Å². The molecule has 2 nitrogen and oxygen atoms in total. The van der Waals surface area contributed by atoms with Crippen LogP contribution in [0, 0.1) is 11.6 Å². The van der Waals surface area contributed by atoms with Crippen LogP contribution in [0.15, 0.2) is 42.5 Å². The van der Waals surface area contributed by atoms with Crippen LogP contribution in [0.25, 0.3) is 0 Å². The number of hydrogen-bond donors (Lipinski definition) is 2. The largest absolute Gasteiger partial charge is 0.508 e. The predicted octanol–water partition coefficient (Wildman–Crippen LogP) is 3.28. The lowest BCUT2D eigenvalue weighted by atomic mass is 10.2. The smallest absolute Gasteiger partial charge is 0.131 e. The SMILES string of the molecule is Oc1cccc(NCc2ccc(F)cc2F)c1. The molecule has 0 bridgehead atoms. The quantitative estimate of drug-likeness (QED) is 0.855. The highest BCUT2D eigenvalue weighted by molar-refractivity contribution is 5.48. The second kappa shape index (κ2) is 4.82. The maximum Gasteiger partial charge on any atom is 0.131 e. The fourth-order valence-corrected chi connectivity index (χ4v) is 1.48. The first-order chi connectivity index (χ1) is 8.15. The first-order valence-electron chi connectivity index (χ1n) is 5.12. The Hall–Kier alpha value is -2.10. The van der Waals surface area contributed by atoms with E-state index in [1.807, 2.05) is 0 Å². The van der Waals surface area contributed by atoms with Gasteiger partial charge in [0.2, 0.25) is 0 Å². The number of phenolic OH excluding ortho intramolecular Hbond substituents is 1. The normalized spacial score (nSPS) is 10.2. The zero-order valence-corrected chi connectivity index (χ0v) is 8.95. The zero-order chi connectivity index (χ0) is 12.3. The highest BCUT2D eigenvalue weighted by Crippen LogP contribution is 2.17. The number of benzene rings is 2. The summed E-state index contributed by atoms with van der Waals surface area (Å²) in [5.41, 5.74) is 1.04. The summed E-state index contributed by atoms with van der Waals surface area (Å²) >= 11 is 0. The van der Waals surface area contributed by atoms with Crippen LogP contribution < -0.4 is 5.32 Å². The van der Waals surface area contributed by atoms with Gasteiger partial charge in [-0.25, -0.2) is 8.78 Å². The molecule has 0 saturated carbocycles. The maximum atomic E-state index is 13.3. The third-order valence-corrected chi connectivity index (χ3v) is 2.34. The molecular weight excluding hydrogens is 224 g/mol. The van der Waals surface area contributed by atoms with E-state index in [-0.39, 0.29) is 12.3 Å². The van der Waals surface area contributed by atoms with Gasteiger partial charge in [0, 0.05) is 29.9 Å². The predicted molar refractivity (Wildman–Crippen MR) is 61.8 cm³/mol. The third kappa shape index (κ3) is 2.93. The van der Waals surface area contributed by atoms with Gasteiger partial charge in [-0.15, -0.1) is 0 Å². The molecule has 0 aliphatic heterocycles. The second-order valence-electron chi connectivity index (χ2n) is 3.64. The zero-order valence-electron chi connectivity index (χ0n) is 8.95. The molecule has 0 aliphatic carbocycles. The first-order valence-corrected chi connectivity index (χ1v) is 5.12. The summed E-state index contributed by atoms with van der Waals surface area (Å²) < 4.78 is 26.0. The van der Waals surface area contributed by atoms with E-state index in [0.717, 1.165) is 6.07 Å². The van der Waals surface area contributed by atoms with Gasteiger partial charge in [0.1, 0.15) is 17.4 Å². The van der Waals surface area contributed by atoms with Crippen LogP contribution in [0.1, 0.15) is 5.56 Å². The molecule has 2 aromatic rings. The fourth-order valence-electron chi connectivity index (χ4n) is 1.48. The monoisotopic (exact) mass is 235 g/mol. The Kier molecular flexibility index (Phi) is 3.23. The van der Waals surface area contributed by atoms with Gasteiger partial charge in [-0.2, -0.15) is 0 Å². The van der Waals surface area contributed by atoms with Crippen molar-refractivity contribution in [1.82, 2.24) is 0 Å². The molecule has 0 spiro atoms. The summed E-state index contributed by atoms with van der Waals surface area (Å²) in [6.45, 7) is 0.232. The molecule has 0 unspecified atom stereocenters. The van der Waals surface area contributed by atoms with Crippen molar-refractivity contribution in [2.45, 2.75) is 6.54 Å². The summed E-state index contributed by atoms with van der Waals surface area (Å²) in [7, 11) is 0. The van der Waals surface area contributed by atoms with E-state index in [9.17, 15) is 13.9 Å². The van der Waals surface area contributed by atoms with E-state index in [2.05, 4.69) is 5.32 Å². The van der Waals surface area contributed by atoms with Crippen molar-refractivity contribution in [2.24, 2.45) is 0 Å². The molecule has 0 atom stereocenters. The number of phenols is 1.